The first-order valence-corrected chi connectivity index (χ1v) is 6.07. The average Bonchev–Trinajstić information content (AvgIpc) is 2.22. The summed E-state index contributed by atoms with van der Waals surface area (Å²) >= 11 is 3.44. The third-order valence-electron chi connectivity index (χ3n) is 2.77. The lowest BCUT2D eigenvalue weighted by Gasteiger charge is -2.21. The zero-order chi connectivity index (χ0) is 10.7. The van der Waals surface area contributed by atoms with Gasteiger partial charge in [0.25, 0.3) is 0 Å². The standard InChI is InChI=1S/C12H14BrNO/c13-11-5-1-3-9(8-11)7-10-4-2-6-14-12(10)15/h1,3,5,8,10H,2,4,6-7H2,(H,14,15)/t10-/m0/s1. The van der Waals surface area contributed by atoms with Gasteiger partial charge in [0.05, 0.1) is 0 Å². The SMILES string of the molecule is O=C1NCCC[C@H]1Cc1cccc(Br)c1. The Bertz CT molecular complexity index is 364. The van der Waals surface area contributed by atoms with Crippen LogP contribution in [-0.4, -0.2) is 12.5 Å². The van der Waals surface area contributed by atoms with E-state index in [0.29, 0.717) is 0 Å². The predicted octanol–water partition coefficient (Wildman–Crippen LogP) is 2.52. The molecule has 1 aliphatic rings. The van der Waals surface area contributed by atoms with E-state index in [1.165, 1.54) is 5.56 Å². The highest BCUT2D eigenvalue weighted by Crippen LogP contribution is 2.19. The van der Waals surface area contributed by atoms with Crippen molar-refractivity contribution in [1.82, 2.24) is 5.32 Å². The van der Waals surface area contributed by atoms with Crippen LogP contribution in [0.25, 0.3) is 0 Å². The summed E-state index contributed by atoms with van der Waals surface area (Å²) in [5, 5.41) is 2.92. The molecule has 2 nitrogen and oxygen atoms in total. The summed E-state index contributed by atoms with van der Waals surface area (Å²) in [5.41, 5.74) is 1.23. The Kier molecular flexibility index (Phi) is 3.41. The van der Waals surface area contributed by atoms with E-state index >= 15 is 0 Å². The van der Waals surface area contributed by atoms with Crippen molar-refractivity contribution in [2.75, 3.05) is 6.54 Å². The van der Waals surface area contributed by atoms with Crippen LogP contribution in [0.1, 0.15) is 18.4 Å². The molecule has 0 aromatic heterocycles. The van der Waals surface area contributed by atoms with Gasteiger partial charge in [-0.15, -0.1) is 0 Å². The molecule has 0 bridgehead atoms. The van der Waals surface area contributed by atoms with Crippen LogP contribution in [0.15, 0.2) is 28.7 Å². The van der Waals surface area contributed by atoms with Gasteiger partial charge < -0.3 is 5.32 Å². The number of rotatable bonds is 2. The van der Waals surface area contributed by atoms with Crippen LogP contribution in [0.3, 0.4) is 0 Å². The van der Waals surface area contributed by atoms with Crippen molar-refractivity contribution in [3.05, 3.63) is 34.3 Å². The lowest BCUT2D eigenvalue weighted by molar-refractivity contribution is -0.126. The molecule has 1 fully saturated rings. The van der Waals surface area contributed by atoms with E-state index in [2.05, 4.69) is 33.4 Å². The van der Waals surface area contributed by atoms with Crippen LogP contribution in [0, 0.1) is 5.92 Å². The van der Waals surface area contributed by atoms with Crippen LogP contribution in [0.4, 0.5) is 0 Å². The number of nitrogens with one attached hydrogen (secondary N) is 1. The minimum Gasteiger partial charge on any atom is -0.356 e. The minimum absolute atomic E-state index is 0.160. The largest absolute Gasteiger partial charge is 0.356 e. The number of amides is 1. The Morgan fingerprint density at radius 2 is 2.33 bits per heavy atom. The van der Waals surface area contributed by atoms with Crippen molar-refractivity contribution < 1.29 is 4.79 Å². The second-order valence-corrected chi connectivity index (χ2v) is 4.88. The zero-order valence-electron chi connectivity index (χ0n) is 8.50. The summed E-state index contributed by atoms with van der Waals surface area (Å²) in [7, 11) is 0. The van der Waals surface area contributed by atoms with Gasteiger partial charge in [0.2, 0.25) is 5.91 Å². The highest BCUT2D eigenvalue weighted by Gasteiger charge is 2.21. The maximum atomic E-state index is 11.6. The highest BCUT2D eigenvalue weighted by molar-refractivity contribution is 9.10. The van der Waals surface area contributed by atoms with Gasteiger partial charge >= 0.3 is 0 Å². The third-order valence-corrected chi connectivity index (χ3v) is 3.26. The number of halogens is 1. The molecule has 0 unspecified atom stereocenters. The first-order chi connectivity index (χ1) is 7.25. The van der Waals surface area contributed by atoms with Crippen molar-refractivity contribution >= 4 is 21.8 Å². The molecule has 1 N–H and O–H groups in total. The molecule has 0 spiro atoms. The maximum Gasteiger partial charge on any atom is 0.223 e. The number of benzene rings is 1. The third kappa shape index (κ3) is 2.81. The molecule has 0 saturated carbocycles. The lowest BCUT2D eigenvalue weighted by atomic mass is 9.92. The number of hydrogen-bond donors (Lipinski definition) is 1. The molecule has 80 valence electrons. The first-order valence-electron chi connectivity index (χ1n) is 5.28. The molecule has 1 aromatic carbocycles. The van der Waals surface area contributed by atoms with Crippen molar-refractivity contribution in [2.45, 2.75) is 19.3 Å². The van der Waals surface area contributed by atoms with Gasteiger partial charge in [-0.25, -0.2) is 0 Å². The van der Waals surface area contributed by atoms with Gasteiger partial charge in [-0.05, 0) is 37.0 Å². The van der Waals surface area contributed by atoms with E-state index < -0.39 is 0 Å². The predicted molar refractivity (Wildman–Crippen MR) is 63.6 cm³/mol. The normalized spacial score (nSPS) is 21.1. The molecule has 1 amide bonds. The van der Waals surface area contributed by atoms with Crippen LogP contribution in [0.5, 0.6) is 0 Å². The minimum atomic E-state index is 0.160. The fraction of sp³-hybridized carbons (Fsp3) is 0.417. The maximum absolute atomic E-state index is 11.6. The fourth-order valence-electron chi connectivity index (χ4n) is 1.98. The molecule has 1 heterocycles. The van der Waals surface area contributed by atoms with Crippen molar-refractivity contribution in [3.8, 4) is 0 Å². The van der Waals surface area contributed by atoms with Crippen molar-refractivity contribution in [3.63, 3.8) is 0 Å². The highest BCUT2D eigenvalue weighted by atomic mass is 79.9. The number of carbonyl (C=O) groups excluding carboxylic acids is 1. The summed E-state index contributed by atoms with van der Waals surface area (Å²) in [6.45, 7) is 0.841. The molecule has 0 aliphatic carbocycles. The summed E-state index contributed by atoms with van der Waals surface area (Å²) in [6, 6.07) is 8.18. The topological polar surface area (TPSA) is 29.1 Å². The molecule has 1 atom stereocenters. The Labute approximate surface area is 98.2 Å². The Hall–Kier alpha value is -0.830. The Balaban J connectivity index is 2.04. The van der Waals surface area contributed by atoms with E-state index in [4.69, 9.17) is 0 Å². The number of hydrogen-bond acceptors (Lipinski definition) is 1. The van der Waals surface area contributed by atoms with Crippen LogP contribution in [0.2, 0.25) is 0 Å². The van der Waals surface area contributed by atoms with E-state index in [9.17, 15) is 4.79 Å². The van der Waals surface area contributed by atoms with Crippen LogP contribution >= 0.6 is 15.9 Å². The fourth-order valence-corrected chi connectivity index (χ4v) is 2.43. The number of piperidine rings is 1. The molecule has 0 radical (unpaired) electrons. The van der Waals surface area contributed by atoms with Gasteiger partial charge in [0.15, 0.2) is 0 Å². The zero-order valence-corrected chi connectivity index (χ0v) is 10.1. The monoisotopic (exact) mass is 267 g/mol. The quantitative estimate of drug-likeness (QED) is 0.877. The van der Waals surface area contributed by atoms with E-state index in [1.807, 2.05) is 12.1 Å². The average molecular weight is 268 g/mol. The molecule has 15 heavy (non-hydrogen) atoms. The van der Waals surface area contributed by atoms with E-state index in [-0.39, 0.29) is 11.8 Å². The molecular formula is C12H14BrNO. The Morgan fingerprint density at radius 3 is 3.07 bits per heavy atom. The molecule has 1 aromatic rings. The van der Waals surface area contributed by atoms with Gasteiger partial charge in [-0.1, -0.05) is 28.1 Å². The molecule has 1 saturated heterocycles. The summed E-state index contributed by atoms with van der Waals surface area (Å²) in [4.78, 5) is 11.6. The lowest BCUT2D eigenvalue weighted by Crippen LogP contribution is -2.37. The van der Waals surface area contributed by atoms with Gasteiger partial charge in [0, 0.05) is 16.9 Å². The molecule has 2 rings (SSSR count). The van der Waals surface area contributed by atoms with Crippen molar-refractivity contribution in [2.24, 2.45) is 5.92 Å². The summed E-state index contributed by atoms with van der Waals surface area (Å²) in [5.74, 6) is 0.370. The second-order valence-electron chi connectivity index (χ2n) is 3.96. The molecule has 1 aliphatic heterocycles. The van der Waals surface area contributed by atoms with E-state index in [1.54, 1.807) is 0 Å². The van der Waals surface area contributed by atoms with Gasteiger partial charge in [-0.2, -0.15) is 0 Å². The molecule has 3 heteroatoms. The van der Waals surface area contributed by atoms with Gasteiger partial charge in [0.1, 0.15) is 0 Å². The summed E-state index contributed by atoms with van der Waals surface area (Å²) < 4.78 is 1.08. The van der Waals surface area contributed by atoms with Crippen molar-refractivity contribution in [1.29, 1.82) is 0 Å². The van der Waals surface area contributed by atoms with Crippen LogP contribution in [-0.2, 0) is 11.2 Å². The van der Waals surface area contributed by atoms with Gasteiger partial charge in [-0.3, -0.25) is 4.79 Å². The summed E-state index contributed by atoms with van der Waals surface area (Å²) in [6.07, 6.45) is 2.97. The first kappa shape index (κ1) is 10.7. The Morgan fingerprint density at radius 1 is 1.47 bits per heavy atom. The van der Waals surface area contributed by atoms with E-state index in [0.717, 1.165) is 30.3 Å². The smallest absolute Gasteiger partial charge is 0.223 e. The molecular weight excluding hydrogens is 254 g/mol. The number of carbonyl (C=O) groups is 1. The second kappa shape index (κ2) is 4.79. The van der Waals surface area contributed by atoms with Crippen LogP contribution < -0.4 is 5.32 Å².